The molecule has 5 heterocycles. The summed E-state index contributed by atoms with van der Waals surface area (Å²) in [5.74, 6) is 1.51. The summed E-state index contributed by atoms with van der Waals surface area (Å²) in [5, 5.41) is 19.7. The maximum Gasteiger partial charge on any atom is 0.238 e. The van der Waals surface area contributed by atoms with E-state index in [-0.39, 0.29) is 0 Å². The van der Waals surface area contributed by atoms with Crippen LogP contribution in [-0.4, -0.2) is 28.7 Å². The van der Waals surface area contributed by atoms with Gasteiger partial charge in [-0.25, -0.2) is 4.98 Å². The molecule has 0 saturated heterocycles. The third-order valence-electron chi connectivity index (χ3n) is 13.1. The molecule has 0 aliphatic heterocycles. The lowest BCUT2D eigenvalue weighted by molar-refractivity contribution is 0.671. The van der Waals surface area contributed by atoms with Crippen LogP contribution in [0.15, 0.2) is 205 Å². The Bertz CT molecular complexity index is 4310. The van der Waals surface area contributed by atoms with Crippen molar-refractivity contribution in [2.45, 2.75) is 0 Å². The maximum atomic E-state index is 11.0. The predicted molar refractivity (Wildman–Crippen MR) is 266 cm³/mol. The van der Waals surface area contributed by atoms with Gasteiger partial charge in [-0.3, -0.25) is 4.57 Å². The molecule has 14 aromatic rings. The highest BCUT2D eigenvalue weighted by atomic mass is 16.3. The Hall–Kier alpha value is -9.32. The molecule has 0 fully saturated rings. The third-order valence-corrected chi connectivity index (χ3v) is 13.1. The minimum absolute atomic E-state index is 0.469. The van der Waals surface area contributed by atoms with Gasteiger partial charge in [0.1, 0.15) is 11.7 Å². The first-order valence-corrected chi connectivity index (χ1v) is 21.9. The summed E-state index contributed by atoms with van der Waals surface area (Å²) in [6.07, 6.45) is 0. The van der Waals surface area contributed by atoms with Crippen molar-refractivity contribution < 1.29 is 4.42 Å². The number of hydrogen-bond acceptors (Lipinski definition) is 5. The van der Waals surface area contributed by atoms with Crippen molar-refractivity contribution in [3.8, 4) is 46.2 Å². The van der Waals surface area contributed by atoms with Crippen LogP contribution < -0.4 is 0 Å². The van der Waals surface area contributed by atoms with Gasteiger partial charge in [0, 0.05) is 59.9 Å². The van der Waals surface area contributed by atoms with E-state index >= 15 is 0 Å². The van der Waals surface area contributed by atoms with Crippen LogP contribution in [0, 0.1) is 11.3 Å². The quantitative estimate of drug-likeness (QED) is 0.172. The standard InChI is InChI=1S/C58H33N7O/c59-34-37-31-36(57-60-56(35-15-3-1-4-16-35)61-58(62-57)65-50-25-13-7-19-39(50)40-20-8-14-26-51(40)65)27-30-47(37)64-49-24-12-10-22-42(49)45-33-53-46(32-52(45)64)44-29-28-43-41-21-9-11-23-48(41)63(54(43)55(44)66-53)38-17-5-2-6-18-38/h1-33H. The van der Waals surface area contributed by atoms with Gasteiger partial charge >= 0.3 is 0 Å². The molecule has 14 rings (SSSR count). The molecule has 0 spiro atoms. The minimum atomic E-state index is 0.469. The average molecular weight is 844 g/mol. The Morgan fingerprint density at radius 2 is 0.939 bits per heavy atom. The molecule has 8 nitrogen and oxygen atoms in total. The lowest BCUT2D eigenvalue weighted by Crippen LogP contribution is -2.06. The summed E-state index contributed by atoms with van der Waals surface area (Å²) >= 11 is 0. The average Bonchev–Trinajstić information content (AvgIpc) is 4.12. The molecule has 0 saturated carbocycles. The van der Waals surface area contributed by atoms with Gasteiger partial charge in [0.15, 0.2) is 17.2 Å². The van der Waals surface area contributed by atoms with E-state index in [1.807, 2.05) is 72.8 Å². The van der Waals surface area contributed by atoms with E-state index in [0.29, 0.717) is 28.7 Å². The molecule has 9 aromatic carbocycles. The summed E-state index contributed by atoms with van der Waals surface area (Å²) in [6, 6.07) is 71.3. The lowest BCUT2D eigenvalue weighted by atomic mass is 10.1. The molecule has 8 heteroatoms. The Labute approximate surface area is 376 Å². The molecular weight excluding hydrogens is 811 g/mol. The topological polar surface area (TPSA) is 90.4 Å². The zero-order chi connectivity index (χ0) is 43.5. The molecule has 0 N–H and O–H groups in total. The van der Waals surface area contributed by atoms with Crippen LogP contribution in [-0.2, 0) is 0 Å². The van der Waals surface area contributed by atoms with Gasteiger partial charge < -0.3 is 13.6 Å². The number of rotatable bonds is 5. The normalized spacial score (nSPS) is 11.9. The van der Waals surface area contributed by atoms with Gasteiger partial charge in [-0.2, -0.15) is 15.2 Å². The van der Waals surface area contributed by atoms with Crippen molar-refractivity contribution in [2.75, 3.05) is 0 Å². The highest BCUT2D eigenvalue weighted by Crippen LogP contribution is 2.43. The molecule has 0 bridgehead atoms. The zero-order valence-corrected chi connectivity index (χ0v) is 35.1. The lowest BCUT2D eigenvalue weighted by Gasteiger charge is -2.13. The molecule has 0 aliphatic carbocycles. The number of nitrogens with zero attached hydrogens (tertiary/aromatic N) is 7. The van der Waals surface area contributed by atoms with Crippen molar-refractivity contribution in [3.05, 3.63) is 206 Å². The molecule has 0 radical (unpaired) electrons. The van der Waals surface area contributed by atoms with Crippen molar-refractivity contribution in [1.82, 2.24) is 28.7 Å². The van der Waals surface area contributed by atoms with Crippen molar-refractivity contribution in [1.29, 1.82) is 5.26 Å². The number of nitriles is 1. The third kappa shape index (κ3) is 5.16. The molecule has 0 aliphatic rings. The van der Waals surface area contributed by atoms with Crippen molar-refractivity contribution in [2.24, 2.45) is 0 Å². The van der Waals surface area contributed by atoms with E-state index in [1.54, 1.807) is 0 Å². The second-order valence-corrected chi connectivity index (χ2v) is 16.7. The molecule has 0 atom stereocenters. The second kappa shape index (κ2) is 13.8. The van der Waals surface area contributed by atoms with Crippen molar-refractivity contribution >= 4 is 87.4 Å². The summed E-state index contributed by atoms with van der Waals surface area (Å²) in [7, 11) is 0. The molecule has 0 unspecified atom stereocenters. The Morgan fingerprint density at radius 3 is 1.61 bits per heavy atom. The van der Waals surface area contributed by atoms with E-state index in [0.717, 1.165) is 98.9 Å². The highest BCUT2D eigenvalue weighted by Gasteiger charge is 2.23. The summed E-state index contributed by atoms with van der Waals surface area (Å²) in [4.78, 5) is 15.3. The molecule has 66 heavy (non-hydrogen) atoms. The second-order valence-electron chi connectivity index (χ2n) is 16.7. The van der Waals surface area contributed by atoms with Gasteiger partial charge in [0.25, 0.3) is 0 Å². The minimum Gasteiger partial charge on any atom is -0.454 e. The predicted octanol–water partition coefficient (Wildman–Crippen LogP) is 14.3. The SMILES string of the molecule is N#Cc1cc(-c2nc(-c3ccccc3)nc(-n3c4ccccc4c4ccccc43)n2)ccc1-n1c2ccccc2c2cc3oc4c(ccc5c6ccccc6n(-c6ccccc6)c54)c3cc21. The Balaban J connectivity index is 0.981. The van der Waals surface area contributed by atoms with Crippen LogP contribution in [0.25, 0.3) is 127 Å². The van der Waals surface area contributed by atoms with E-state index in [4.69, 9.17) is 19.4 Å². The summed E-state index contributed by atoms with van der Waals surface area (Å²) in [6.45, 7) is 0. The number of fused-ring (bicyclic) bond motifs is 13. The number of para-hydroxylation sites is 5. The zero-order valence-electron chi connectivity index (χ0n) is 35.1. The number of aromatic nitrogens is 6. The monoisotopic (exact) mass is 843 g/mol. The fourth-order valence-corrected chi connectivity index (χ4v) is 10.3. The van der Waals surface area contributed by atoms with Gasteiger partial charge in [-0.05, 0) is 72.8 Å². The van der Waals surface area contributed by atoms with Crippen molar-refractivity contribution in [3.63, 3.8) is 0 Å². The van der Waals surface area contributed by atoms with E-state index < -0.39 is 0 Å². The van der Waals surface area contributed by atoms with E-state index in [2.05, 4.69) is 147 Å². The largest absolute Gasteiger partial charge is 0.454 e. The fourth-order valence-electron chi connectivity index (χ4n) is 10.3. The first-order valence-electron chi connectivity index (χ1n) is 21.9. The summed E-state index contributed by atoms with van der Waals surface area (Å²) in [5.41, 5.74) is 11.6. The number of furan rings is 1. The van der Waals surface area contributed by atoms with Crippen LogP contribution in [0.4, 0.5) is 0 Å². The Morgan fingerprint density at radius 1 is 0.394 bits per heavy atom. The molecule has 306 valence electrons. The maximum absolute atomic E-state index is 11.0. The first-order chi connectivity index (χ1) is 32.7. The van der Waals surface area contributed by atoms with Gasteiger partial charge in [0.2, 0.25) is 5.95 Å². The van der Waals surface area contributed by atoms with E-state index in [1.165, 1.54) is 5.39 Å². The first kappa shape index (κ1) is 36.2. The highest BCUT2D eigenvalue weighted by molar-refractivity contribution is 6.24. The Kier molecular flexibility index (Phi) is 7.59. The van der Waals surface area contributed by atoms with Gasteiger partial charge in [-0.15, -0.1) is 0 Å². The van der Waals surface area contributed by atoms with Gasteiger partial charge in [-0.1, -0.05) is 127 Å². The molecule has 0 amide bonds. The van der Waals surface area contributed by atoms with Crippen LogP contribution in [0.5, 0.6) is 0 Å². The fraction of sp³-hybridized carbons (Fsp3) is 0. The van der Waals surface area contributed by atoms with E-state index in [9.17, 15) is 5.26 Å². The van der Waals surface area contributed by atoms with Crippen LogP contribution in [0.3, 0.4) is 0 Å². The molecule has 5 aromatic heterocycles. The smallest absolute Gasteiger partial charge is 0.238 e. The van der Waals surface area contributed by atoms with Gasteiger partial charge in [0.05, 0.1) is 44.4 Å². The summed E-state index contributed by atoms with van der Waals surface area (Å²) < 4.78 is 13.6. The van der Waals surface area contributed by atoms with Crippen LogP contribution in [0.1, 0.15) is 5.56 Å². The number of hydrogen-bond donors (Lipinski definition) is 0. The van der Waals surface area contributed by atoms with Crippen LogP contribution in [0.2, 0.25) is 0 Å². The molecular formula is C58H33N7O. The van der Waals surface area contributed by atoms with Crippen LogP contribution >= 0.6 is 0 Å². The number of benzene rings is 9.